The number of hydrogen-bond donors (Lipinski definition) is 0. The van der Waals surface area contributed by atoms with Crippen molar-refractivity contribution < 1.29 is 4.74 Å². The van der Waals surface area contributed by atoms with Gasteiger partial charge in [0.2, 0.25) is 0 Å². The van der Waals surface area contributed by atoms with Gasteiger partial charge >= 0.3 is 98.2 Å². The fraction of sp³-hybridized carbons (Fsp3) is 0.538. The third kappa shape index (κ3) is 3.07. The van der Waals surface area contributed by atoms with Crippen molar-refractivity contribution in [1.29, 1.82) is 0 Å². The monoisotopic (exact) mass is 270 g/mol. The Labute approximate surface area is 98.4 Å². The van der Waals surface area contributed by atoms with Gasteiger partial charge < -0.3 is 0 Å². The first-order valence-electron chi connectivity index (χ1n) is 5.64. The molecule has 0 spiro atoms. The molecule has 0 saturated heterocycles. The Hall–Kier alpha value is -0.301. The molecule has 1 aromatic carbocycles. The molecule has 0 heterocycles. The molecule has 2 heteroatoms. The molecule has 1 aromatic rings. The zero-order valence-corrected chi connectivity index (χ0v) is 10.9. The van der Waals surface area contributed by atoms with Crippen LogP contribution in [-0.2, 0) is 4.74 Å². The Morgan fingerprint density at radius 3 is 2.60 bits per heavy atom. The molecule has 0 aliphatic heterocycles. The summed E-state index contributed by atoms with van der Waals surface area (Å²) in [6.45, 7) is 0. The van der Waals surface area contributed by atoms with E-state index in [1.807, 2.05) is 7.11 Å². The van der Waals surface area contributed by atoms with Crippen LogP contribution >= 0.6 is 0 Å². The van der Waals surface area contributed by atoms with Gasteiger partial charge in [-0.2, -0.15) is 0 Å². The van der Waals surface area contributed by atoms with Crippen LogP contribution in [0.15, 0.2) is 30.3 Å². The molecule has 0 bridgehead atoms. The molecular formula is C13H18OSe. The first-order chi connectivity index (χ1) is 7.40. The molecule has 0 N–H and O–H groups in total. The molecule has 0 aromatic heterocycles. The fourth-order valence-corrected chi connectivity index (χ4v) is 4.97. The Morgan fingerprint density at radius 2 is 1.87 bits per heavy atom. The Morgan fingerprint density at radius 1 is 1.13 bits per heavy atom. The summed E-state index contributed by atoms with van der Waals surface area (Å²) in [5, 5.41) is 0. The molecule has 2 rings (SSSR count). The molecule has 2 unspecified atom stereocenters. The molecular weight excluding hydrogens is 251 g/mol. The van der Waals surface area contributed by atoms with Crippen LogP contribution < -0.4 is 4.46 Å². The normalized spacial score (nSPS) is 26.5. The number of benzene rings is 1. The van der Waals surface area contributed by atoms with Gasteiger partial charge in [0.25, 0.3) is 0 Å². The number of ether oxygens (including phenoxy) is 1. The molecule has 1 saturated carbocycles. The van der Waals surface area contributed by atoms with Gasteiger partial charge in [0.1, 0.15) is 0 Å². The number of rotatable bonds is 3. The van der Waals surface area contributed by atoms with E-state index < -0.39 is 0 Å². The fourth-order valence-electron chi connectivity index (χ4n) is 2.14. The van der Waals surface area contributed by atoms with E-state index in [0.717, 1.165) is 4.82 Å². The SMILES string of the molecule is COC1CCCCC1[Se]c1ccccc1. The molecule has 1 aliphatic carbocycles. The van der Waals surface area contributed by atoms with Gasteiger partial charge in [0, 0.05) is 0 Å². The van der Waals surface area contributed by atoms with Gasteiger partial charge in [0.15, 0.2) is 0 Å². The van der Waals surface area contributed by atoms with Gasteiger partial charge in [-0.25, -0.2) is 0 Å². The van der Waals surface area contributed by atoms with Crippen LogP contribution in [0.4, 0.5) is 0 Å². The summed E-state index contributed by atoms with van der Waals surface area (Å²) in [7, 11) is 1.87. The summed E-state index contributed by atoms with van der Waals surface area (Å²) in [6, 6.07) is 10.9. The average Bonchev–Trinajstić information content (AvgIpc) is 2.31. The second kappa shape index (κ2) is 5.69. The van der Waals surface area contributed by atoms with Crippen LogP contribution in [0, 0.1) is 0 Å². The Bertz CT molecular complexity index is 286. The molecule has 1 fully saturated rings. The third-order valence-electron chi connectivity index (χ3n) is 2.98. The van der Waals surface area contributed by atoms with Crippen LogP contribution in [0.1, 0.15) is 25.7 Å². The Balaban J connectivity index is 1.97. The Kier molecular flexibility index (Phi) is 4.25. The molecule has 0 radical (unpaired) electrons. The van der Waals surface area contributed by atoms with Crippen molar-refractivity contribution in [3.8, 4) is 0 Å². The van der Waals surface area contributed by atoms with Crippen LogP contribution in [0.5, 0.6) is 0 Å². The van der Waals surface area contributed by atoms with Gasteiger partial charge in [0.05, 0.1) is 0 Å². The van der Waals surface area contributed by atoms with Crippen LogP contribution in [0.2, 0.25) is 4.82 Å². The topological polar surface area (TPSA) is 9.23 Å². The maximum atomic E-state index is 5.59. The van der Waals surface area contributed by atoms with Gasteiger partial charge in [-0.15, -0.1) is 0 Å². The summed E-state index contributed by atoms with van der Waals surface area (Å²) in [4.78, 5) is 0.790. The first-order valence-corrected chi connectivity index (χ1v) is 7.49. The van der Waals surface area contributed by atoms with Crippen LogP contribution in [0.25, 0.3) is 0 Å². The standard InChI is InChI=1S/C13H18OSe/c1-14-12-9-5-6-10-13(12)15-11-7-3-2-4-8-11/h2-4,7-8,12-13H,5-6,9-10H2,1H3. The minimum absolute atomic E-state index is 0.513. The molecule has 2 atom stereocenters. The van der Waals surface area contributed by atoms with Gasteiger partial charge in [-0.1, -0.05) is 0 Å². The van der Waals surface area contributed by atoms with Gasteiger partial charge in [-0.05, 0) is 0 Å². The van der Waals surface area contributed by atoms with E-state index in [1.165, 1.54) is 30.1 Å². The van der Waals surface area contributed by atoms with Crippen LogP contribution in [0.3, 0.4) is 0 Å². The van der Waals surface area contributed by atoms with Crippen molar-refractivity contribution in [3.05, 3.63) is 30.3 Å². The molecule has 0 amide bonds. The molecule has 15 heavy (non-hydrogen) atoms. The zero-order valence-electron chi connectivity index (χ0n) is 9.19. The van der Waals surface area contributed by atoms with E-state index in [-0.39, 0.29) is 0 Å². The second-order valence-corrected chi connectivity index (χ2v) is 6.78. The predicted octanol–water partition coefficient (Wildman–Crippen LogP) is 2.39. The quantitative estimate of drug-likeness (QED) is 0.766. The minimum atomic E-state index is 0.513. The predicted molar refractivity (Wildman–Crippen MR) is 64.8 cm³/mol. The van der Waals surface area contributed by atoms with Crippen LogP contribution in [-0.4, -0.2) is 28.2 Å². The second-order valence-electron chi connectivity index (χ2n) is 4.03. The molecule has 82 valence electrons. The maximum absolute atomic E-state index is 5.59. The van der Waals surface area contributed by atoms with E-state index >= 15 is 0 Å². The van der Waals surface area contributed by atoms with E-state index in [2.05, 4.69) is 30.3 Å². The summed E-state index contributed by atoms with van der Waals surface area (Å²) in [5.41, 5.74) is 0. The number of hydrogen-bond acceptors (Lipinski definition) is 1. The summed E-state index contributed by atoms with van der Waals surface area (Å²) < 4.78 is 7.10. The van der Waals surface area contributed by atoms with Crippen molar-refractivity contribution in [2.45, 2.75) is 36.6 Å². The first kappa shape index (κ1) is 11.2. The average molecular weight is 269 g/mol. The zero-order chi connectivity index (χ0) is 10.5. The van der Waals surface area contributed by atoms with E-state index in [0.29, 0.717) is 21.1 Å². The van der Waals surface area contributed by atoms with E-state index in [9.17, 15) is 0 Å². The van der Waals surface area contributed by atoms with Crippen molar-refractivity contribution in [1.82, 2.24) is 0 Å². The summed E-state index contributed by atoms with van der Waals surface area (Å²) in [5.74, 6) is 0. The van der Waals surface area contributed by atoms with Crippen molar-refractivity contribution in [2.24, 2.45) is 0 Å². The van der Waals surface area contributed by atoms with Crippen molar-refractivity contribution >= 4 is 19.4 Å². The number of methoxy groups -OCH3 is 1. The third-order valence-corrected chi connectivity index (χ3v) is 5.88. The summed E-state index contributed by atoms with van der Waals surface area (Å²) >= 11 is 0.586. The summed E-state index contributed by atoms with van der Waals surface area (Å²) in [6.07, 6.45) is 5.86. The van der Waals surface area contributed by atoms with E-state index in [1.54, 1.807) is 0 Å². The van der Waals surface area contributed by atoms with Gasteiger partial charge in [-0.3, -0.25) is 0 Å². The van der Waals surface area contributed by atoms with Crippen molar-refractivity contribution in [2.75, 3.05) is 7.11 Å². The molecule has 1 aliphatic rings. The van der Waals surface area contributed by atoms with E-state index in [4.69, 9.17) is 4.74 Å². The van der Waals surface area contributed by atoms with Crippen molar-refractivity contribution in [3.63, 3.8) is 0 Å². The molecule has 1 nitrogen and oxygen atoms in total.